The van der Waals surface area contributed by atoms with Crippen molar-refractivity contribution in [2.45, 2.75) is 6.54 Å². The van der Waals surface area contributed by atoms with Crippen LogP contribution in [0.1, 0.15) is 5.69 Å². The summed E-state index contributed by atoms with van der Waals surface area (Å²) in [5, 5.41) is 0. The molecule has 28 heavy (non-hydrogen) atoms. The van der Waals surface area contributed by atoms with Gasteiger partial charge in [-0.05, 0) is 48.5 Å². The lowest BCUT2D eigenvalue weighted by atomic mass is 10.2. The van der Waals surface area contributed by atoms with Gasteiger partial charge in [0.15, 0.2) is 6.61 Å². The van der Waals surface area contributed by atoms with Crippen molar-refractivity contribution in [3.8, 4) is 5.75 Å². The van der Waals surface area contributed by atoms with Crippen LogP contribution in [-0.2, 0) is 11.3 Å². The van der Waals surface area contributed by atoms with Gasteiger partial charge in [-0.15, -0.1) is 0 Å². The number of rotatable bonds is 6. The van der Waals surface area contributed by atoms with Crippen molar-refractivity contribution < 1.29 is 13.9 Å². The van der Waals surface area contributed by atoms with E-state index >= 15 is 0 Å². The molecular weight excluding hydrogens is 357 g/mol. The summed E-state index contributed by atoms with van der Waals surface area (Å²) in [6, 6.07) is 20.8. The predicted octanol–water partition coefficient (Wildman–Crippen LogP) is 4.09. The SMILES string of the molecule is O=C(COc1ccc(F)cc1)N(Cc1cnc2ccccn12)c1ccccc1. The lowest BCUT2D eigenvalue weighted by molar-refractivity contribution is -0.120. The molecule has 6 heteroatoms. The van der Waals surface area contributed by atoms with Crippen LogP contribution in [0.15, 0.2) is 85.2 Å². The number of para-hydroxylation sites is 1. The van der Waals surface area contributed by atoms with Crippen molar-refractivity contribution in [2.24, 2.45) is 0 Å². The van der Waals surface area contributed by atoms with Crippen LogP contribution in [0.25, 0.3) is 5.65 Å². The van der Waals surface area contributed by atoms with Crippen LogP contribution in [0.2, 0.25) is 0 Å². The molecular formula is C22H18FN3O2. The second-order valence-electron chi connectivity index (χ2n) is 6.24. The molecule has 2 aromatic carbocycles. The first-order valence-electron chi connectivity index (χ1n) is 8.85. The Morgan fingerprint density at radius 1 is 1.00 bits per heavy atom. The third kappa shape index (κ3) is 3.86. The number of carbonyl (C=O) groups excluding carboxylic acids is 1. The average Bonchev–Trinajstić information content (AvgIpc) is 3.15. The monoisotopic (exact) mass is 375 g/mol. The Bertz CT molecular complexity index is 1080. The van der Waals surface area contributed by atoms with Crippen LogP contribution in [0.3, 0.4) is 0 Å². The predicted molar refractivity (Wildman–Crippen MR) is 105 cm³/mol. The number of nitrogens with zero attached hydrogens (tertiary/aromatic N) is 3. The molecule has 4 aromatic rings. The summed E-state index contributed by atoms with van der Waals surface area (Å²) in [4.78, 5) is 19.0. The summed E-state index contributed by atoms with van der Waals surface area (Å²) in [6.45, 7) is 0.193. The summed E-state index contributed by atoms with van der Waals surface area (Å²) in [5.74, 6) is -0.115. The zero-order valence-electron chi connectivity index (χ0n) is 15.0. The Morgan fingerprint density at radius 2 is 1.75 bits per heavy atom. The van der Waals surface area contributed by atoms with E-state index in [4.69, 9.17) is 4.74 Å². The minimum Gasteiger partial charge on any atom is -0.484 e. The van der Waals surface area contributed by atoms with E-state index in [0.717, 1.165) is 17.0 Å². The summed E-state index contributed by atoms with van der Waals surface area (Å²) in [6.07, 6.45) is 3.68. The molecule has 0 saturated carbocycles. The Kier molecular flexibility index (Phi) is 5.01. The first kappa shape index (κ1) is 17.7. The minimum absolute atomic E-state index is 0.155. The molecule has 5 nitrogen and oxygen atoms in total. The van der Waals surface area contributed by atoms with Crippen LogP contribution in [0.5, 0.6) is 5.75 Å². The molecule has 140 valence electrons. The van der Waals surface area contributed by atoms with Crippen molar-refractivity contribution in [2.75, 3.05) is 11.5 Å². The molecule has 0 radical (unpaired) electrons. The third-order valence-corrected chi connectivity index (χ3v) is 4.36. The fourth-order valence-electron chi connectivity index (χ4n) is 2.95. The van der Waals surface area contributed by atoms with Gasteiger partial charge < -0.3 is 14.0 Å². The number of hydrogen-bond acceptors (Lipinski definition) is 3. The number of fused-ring (bicyclic) bond motifs is 1. The lowest BCUT2D eigenvalue weighted by Crippen LogP contribution is -2.34. The molecule has 2 aromatic heterocycles. The van der Waals surface area contributed by atoms with Crippen LogP contribution in [-0.4, -0.2) is 21.9 Å². The van der Waals surface area contributed by atoms with Gasteiger partial charge in [0, 0.05) is 11.9 Å². The quantitative estimate of drug-likeness (QED) is 0.510. The van der Waals surface area contributed by atoms with Gasteiger partial charge in [0.2, 0.25) is 0 Å². The normalized spacial score (nSPS) is 10.8. The zero-order chi connectivity index (χ0) is 19.3. The highest BCUT2D eigenvalue weighted by molar-refractivity contribution is 5.94. The second kappa shape index (κ2) is 7.92. The Morgan fingerprint density at radius 3 is 2.54 bits per heavy atom. The van der Waals surface area contributed by atoms with Crippen LogP contribution in [0.4, 0.5) is 10.1 Å². The van der Waals surface area contributed by atoms with Crippen molar-refractivity contribution in [1.82, 2.24) is 9.38 Å². The maximum atomic E-state index is 13.0. The molecule has 0 bridgehead atoms. The fourth-order valence-corrected chi connectivity index (χ4v) is 2.95. The number of imidazole rings is 1. The third-order valence-electron chi connectivity index (χ3n) is 4.36. The van der Waals surface area contributed by atoms with Gasteiger partial charge in [-0.25, -0.2) is 9.37 Å². The highest BCUT2D eigenvalue weighted by Crippen LogP contribution is 2.19. The van der Waals surface area contributed by atoms with E-state index < -0.39 is 0 Å². The first-order chi connectivity index (χ1) is 13.7. The number of carbonyl (C=O) groups is 1. The first-order valence-corrected chi connectivity index (χ1v) is 8.85. The van der Waals surface area contributed by atoms with E-state index in [-0.39, 0.29) is 18.3 Å². The Labute approximate surface area is 161 Å². The maximum Gasteiger partial charge on any atom is 0.265 e. The number of pyridine rings is 1. The number of aromatic nitrogens is 2. The highest BCUT2D eigenvalue weighted by atomic mass is 19.1. The largest absolute Gasteiger partial charge is 0.484 e. The summed E-state index contributed by atoms with van der Waals surface area (Å²) in [5.41, 5.74) is 2.47. The molecule has 0 aliphatic heterocycles. The van der Waals surface area contributed by atoms with Gasteiger partial charge in [0.05, 0.1) is 18.4 Å². The zero-order valence-corrected chi connectivity index (χ0v) is 15.0. The minimum atomic E-state index is -0.350. The van der Waals surface area contributed by atoms with Crippen LogP contribution < -0.4 is 9.64 Å². The van der Waals surface area contributed by atoms with Crippen molar-refractivity contribution >= 4 is 17.2 Å². The van der Waals surface area contributed by atoms with Gasteiger partial charge in [0.25, 0.3) is 5.91 Å². The van der Waals surface area contributed by atoms with Gasteiger partial charge in [0.1, 0.15) is 17.2 Å². The Balaban J connectivity index is 1.56. The molecule has 0 saturated heterocycles. The number of benzene rings is 2. The topological polar surface area (TPSA) is 46.8 Å². The standard InChI is InChI=1S/C22H18FN3O2/c23-17-9-11-20(12-10-17)28-16-22(27)26(18-6-2-1-3-7-18)15-19-14-24-21-8-4-5-13-25(19)21/h1-14H,15-16H2. The lowest BCUT2D eigenvalue weighted by Gasteiger charge is -2.23. The van der Waals surface area contributed by atoms with E-state index in [1.165, 1.54) is 24.3 Å². The van der Waals surface area contributed by atoms with E-state index in [9.17, 15) is 9.18 Å². The summed E-state index contributed by atoms with van der Waals surface area (Å²) in [7, 11) is 0. The summed E-state index contributed by atoms with van der Waals surface area (Å²) < 4.78 is 20.5. The number of hydrogen-bond donors (Lipinski definition) is 0. The van der Waals surface area contributed by atoms with E-state index in [0.29, 0.717) is 12.3 Å². The highest BCUT2D eigenvalue weighted by Gasteiger charge is 2.18. The number of anilines is 1. The Hall–Kier alpha value is -3.67. The number of amides is 1. The van der Waals surface area contributed by atoms with Crippen molar-refractivity contribution in [3.63, 3.8) is 0 Å². The molecule has 0 N–H and O–H groups in total. The van der Waals surface area contributed by atoms with Crippen molar-refractivity contribution in [1.29, 1.82) is 0 Å². The number of halogens is 1. The molecule has 0 spiro atoms. The molecule has 4 rings (SSSR count). The van der Waals surface area contributed by atoms with Crippen molar-refractivity contribution in [3.05, 3.63) is 96.7 Å². The molecule has 0 unspecified atom stereocenters. The van der Waals surface area contributed by atoms with E-state index in [2.05, 4.69) is 4.98 Å². The smallest absolute Gasteiger partial charge is 0.265 e. The summed E-state index contributed by atoms with van der Waals surface area (Å²) >= 11 is 0. The molecule has 0 fully saturated rings. The van der Waals surface area contributed by atoms with E-state index in [1.807, 2.05) is 59.1 Å². The van der Waals surface area contributed by atoms with Crippen LogP contribution in [0, 0.1) is 5.82 Å². The molecule has 1 amide bonds. The van der Waals surface area contributed by atoms with E-state index in [1.54, 1.807) is 11.1 Å². The van der Waals surface area contributed by atoms with Gasteiger partial charge in [-0.2, -0.15) is 0 Å². The fraction of sp³-hybridized carbons (Fsp3) is 0.0909. The molecule has 2 heterocycles. The second-order valence-corrected chi connectivity index (χ2v) is 6.24. The van der Waals surface area contributed by atoms with Crippen LogP contribution >= 0.6 is 0 Å². The van der Waals surface area contributed by atoms with Gasteiger partial charge >= 0.3 is 0 Å². The van der Waals surface area contributed by atoms with Gasteiger partial charge in [-0.3, -0.25) is 4.79 Å². The number of ether oxygens (including phenoxy) is 1. The maximum absolute atomic E-state index is 13.0. The molecule has 0 atom stereocenters. The molecule has 0 aliphatic rings. The average molecular weight is 375 g/mol. The molecule has 0 aliphatic carbocycles. The van der Waals surface area contributed by atoms with Gasteiger partial charge in [-0.1, -0.05) is 24.3 Å².